The number of hydrogen-bond acceptors (Lipinski definition) is 1. The highest BCUT2D eigenvalue weighted by molar-refractivity contribution is 7.18. The van der Waals surface area contributed by atoms with E-state index in [0.717, 1.165) is 6.54 Å². The summed E-state index contributed by atoms with van der Waals surface area (Å²) in [5.41, 5.74) is 6.93. The lowest BCUT2D eigenvalue weighted by atomic mass is 9.95. The summed E-state index contributed by atoms with van der Waals surface area (Å²) in [7, 11) is -2.12. The normalized spacial score (nSPS) is 16.2. The maximum Gasteiger partial charge on any atom is 0.177 e. The summed E-state index contributed by atoms with van der Waals surface area (Å²) < 4.78 is 0. The molecular weight excluding hydrogens is 342 g/mol. The van der Waals surface area contributed by atoms with Crippen molar-refractivity contribution in [3.63, 3.8) is 0 Å². The van der Waals surface area contributed by atoms with Gasteiger partial charge >= 0.3 is 0 Å². The summed E-state index contributed by atoms with van der Waals surface area (Å²) >= 11 is 0. The minimum absolute atomic E-state index is 0.218. The molecule has 0 atom stereocenters. The molecular formula is C25H25NSi. The van der Waals surface area contributed by atoms with E-state index < -0.39 is 8.07 Å². The molecule has 2 heteroatoms. The zero-order valence-electron chi connectivity index (χ0n) is 16.2. The lowest BCUT2D eigenvalue weighted by Gasteiger charge is -2.44. The zero-order valence-corrected chi connectivity index (χ0v) is 17.2. The predicted molar refractivity (Wildman–Crippen MR) is 119 cm³/mol. The second-order valence-electron chi connectivity index (χ2n) is 8.91. The Balaban J connectivity index is 1.85. The molecule has 0 saturated carbocycles. The van der Waals surface area contributed by atoms with Crippen LogP contribution in [-0.4, -0.2) is 14.6 Å². The van der Waals surface area contributed by atoms with Crippen LogP contribution in [0.4, 0.5) is 11.4 Å². The number of benzene rings is 3. The lowest BCUT2D eigenvalue weighted by molar-refractivity contribution is 0.425. The van der Waals surface area contributed by atoms with Gasteiger partial charge in [-0.05, 0) is 38.7 Å². The third-order valence-corrected chi connectivity index (χ3v) is 10.3. The molecule has 1 spiro atoms. The number of rotatable bonds is 1. The van der Waals surface area contributed by atoms with Crippen LogP contribution in [0.5, 0.6) is 0 Å². The Labute approximate surface area is 163 Å². The van der Waals surface area contributed by atoms with Crippen LogP contribution in [0.1, 0.15) is 26.3 Å². The molecule has 0 amide bonds. The quantitative estimate of drug-likeness (QED) is 0.582. The Kier molecular flexibility index (Phi) is 3.50. The van der Waals surface area contributed by atoms with Gasteiger partial charge in [0.25, 0.3) is 0 Å². The van der Waals surface area contributed by atoms with E-state index in [0.29, 0.717) is 0 Å². The summed E-state index contributed by atoms with van der Waals surface area (Å²) in [5, 5.41) is 4.57. The zero-order chi connectivity index (χ0) is 18.6. The van der Waals surface area contributed by atoms with Gasteiger partial charge in [0.1, 0.15) is 0 Å². The van der Waals surface area contributed by atoms with Crippen LogP contribution in [0.25, 0.3) is 6.08 Å². The second-order valence-corrected chi connectivity index (χ2v) is 12.5. The third kappa shape index (κ3) is 2.36. The number of para-hydroxylation sites is 2. The molecule has 0 radical (unpaired) electrons. The minimum atomic E-state index is -2.12. The van der Waals surface area contributed by atoms with Gasteiger partial charge < -0.3 is 4.90 Å². The van der Waals surface area contributed by atoms with Crippen molar-refractivity contribution < 1.29 is 0 Å². The smallest absolute Gasteiger partial charge is 0.177 e. The van der Waals surface area contributed by atoms with Crippen molar-refractivity contribution in [3.05, 3.63) is 84.1 Å². The first kappa shape index (κ1) is 16.6. The van der Waals surface area contributed by atoms with Gasteiger partial charge in [0.2, 0.25) is 0 Å². The summed E-state index contributed by atoms with van der Waals surface area (Å²) in [5.74, 6) is 0. The van der Waals surface area contributed by atoms with Crippen LogP contribution in [0, 0.1) is 5.41 Å². The Hall–Kier alpha value is -2.58. The fourth-order valence-corrected chi connectivity index (χ4v) is 9.56. The van der Waals surface area contributed by atoms with Crippen molar-refractivity contribution >= 4 is 41.1 Å². The van der Waals surface area contributed by atoms with Crippen LogP contribution in [-0.2, 0) is 0 Å². The van der Waals surface area contributed by atoms with E-state index in [9.17, 15) is 0 Å². The highest BCUT2D eigenvalue weighted by Gasteiger charge is 2.48. The second kappa shape index (κ2) is 5.70. The van der Waals surface area contributed by atoms with Gasteiger partial charge in [-0.3, -0.25) is 0 Å². The SMILES string of the molecule is CC(C)(C)CN1c2ccccc2[Si]2(C=Cc3ccccc32)c2ccccc21. The van der Waals surface area contributed by atoms with Gasteiger partial charge in [-0.1, -0.05) is 93.2 Å². The van der Waals surface area contributed by atoms with Crippen molar-refractivity contribution in [2.24, 2.45) is 5.41 Å². The number of anilines is 2. The van der Waals surface area contributed by atoms with Gasteiger partial charge in [-0.15, -0.1) is 0 Å². The van der Waals surface area contributed by atoms with Crippen LogP contribution in [0.3, 0.4) is 0 Å². The van der Waals surface area contributed by atoms with E-state index in [1.54, 1.807) is 0 Å². The first-order chi connectivity index (χ1) is 13.0. The number of fused-ring (bicyclic) bond motifs is 6. The van der Waals surface area contributed by atoms with E-state index in [1.807, 2.05) is 0 Å². The molecule has 134 valence electrons. The first-order valence-electron chi connectivity index (χ1n) is 9.76. The highest BCUT2D eigenvalue weighted by Crippen LogP contribution is 2.36. The van der Waals surface area contributed by atoms with Gasteiger partial charge in [-0.2, -0.15) is 0 Å². The molecule has 0 fully saturated rings. The van der Waals surface area contributed by atoms with E-state index in [4.69, 9.17) is 0 Å². The predicted octanol–water partition coefficient (Wildman–Crippen LogP) is 4.22. The van der Waals surface area contributed by atoms with Crippen molar-refractivity contribution in [1.82, 2.24) is 0 Å². The maximum atomic E-state index is 2.55. The molecule has 0 bridgehead atoms. The van der Waals surface area contributed by atoms with Crippen molar-refractivity contribution in [2.45, 2.75) is 20.8 Å². The fourth-order valence-electron chi connectivity index (χ4n) is 4.78. The molecule has 5 rings (SSSR count). The van der Waals surface area contributed by atoms with Crippen LogP contribution >= 0.6 is 0 Å². The summed E-state index contributed by atoms with van der Waals surface area (Å²) in [4.78, 5) is 2.55. The third-order valence-electron chi connectivity index (χ3n) is 5.77. The molecule has 0 N–H and O–H groups in total. The largest absolute Gasteiger partial charge is 0.341 e. The average Bonchev–Trinajstić information content (AvgIpc) is 3.05. The van der Waals surface area contributed by atoms with Gasteiger partial charge in [-0.25, -0.2) is 0 Å². The van der Waals surface area contributed by atoms with Crippen molar-refractivity contribution in [2.75, 3.05) is 11.4 Å². The molecule has 1 nitrogen and oxygen atoms in total. The fraction of sp³-hybridized carbons (Fsp3) is 0.200. The molecule has 0 saturated heterocycles. The molecule has 0 aromatic heterocycles. The molecule has 2 aliphatic heterocycles. The Morgan fingerprint density at radius 2 is 1.22 bits per heavy atom. The topological polar surface area (TPSA) is 3.24 Å². The average molecular weight is 368 g/mol. The standard InChI is InChI=1S/C25H25NSi/c1-25(2,3)18-26-20-11-5-8-14-23(20)27(24-15-9-6-12-21(24)26)17-16-19-10-4-7-13-22(19)27/h4-17H,18H2,1-3H3. The van der Waals surface area contributed by atoms with Crippen LogP contribution in [0.15, 0.2) is 78.5 Å². The molecule has 0 unspecified atom stereocenters. The lowest BCUT2D eigenvalue weighted by Crippen LogP contribution is -2.69. The Morgan fingerprint density at radius 1 is 0.704 bits per heavy atom. The summed E-state index contributed by atoms with van der Waals surface area (Å²) in [6.45, 7) is 7.98. The monoisotopic (exact) mass is 367 g/mol. The van der Waals surface area contributed by atoms with Crippen LogP contribution < -0.4 is 20.5 Å². The summed E-state index contributed by atoms with van der Waals surface area (Å²) in [6.07, 6.45) is 2.36. The first-order valence-corrected chi connectivity index (χ1v) is 11.8. The number of hydrogen-bond donors (Lipinski definition) is 0. The van der Waals surface area contributed by atoms with Gasteiger partial charge in [0, 0.05) is 17.9 Å². The highest BCUT2D eigenvalue weighted by atomic mass is 28.3. The van der Waals surface area contributed by atoms with E-state index in [2.05, 4.69) is 110 Å². The Morgan fingerprint density at radius 3 is 1.81 bits per heavy atom. The summed E-state index contributed by atoms with van der Waals surface area (Å²) in [6, 6.07) is 27.2. The van der Waals surface area contributed by atoms with Gasteiger partial charge in [0.05, 0.1) is 0 Å². The molecule has 0 aliphatic carbocycles. The maximum absolute atomic E-state index is 2.55. The van der Waals surface area contributed by atoms with Crippen molar-refractivity contribution in [1.29, 1.82) is 0 Å². The van der Waals surface area contributed by atoms with E-state index in [-0.39, 0.29) is 5.41 Å². The van der Waals surface area contributed by atoms with E-state index >= 15 is 0 Å². The minimum Gasteiger partial charge on any atom is -0.341 e. The molecule has 3 aromatic rings. The Bertz CT molecular complexity index is 1010. The molecule has 27 heavy (non-hydrogen) atoms. The van der Waals surface area contributed by atoms with Crippen molar-refractivity contribution in [3.8, 4) is 0 Å². The van der Waals surface area contributed by atoms with Crippen LogP contribution in [0.2, 0.25) is 0 Å². The molecule has 3 aromatic carbocycles. The van der Waals surface area contributed by atoms with E-state index in [1.165, 1.54) is 32.5 Å². The molecule has 2 heterocycles. The number of nitrogens with zero attached hydrogens (tertiary/aromatic N) is 1. The molecule has 2 aliphatic rings. The van der Waals surface area contributed by atoms with Gasteiger partial charge in [0.15, 0.2) is 8.07 Å².